The molecule has 2 N–H and O–H groups in total. The molecule has 0 aliphatic rings. The average molecular weight is 534 g/mol. The van der Waals surface area contributed by atoms with Crippen molar-refractivity contribution in [3.05, 3.63) is 81.5 Å². The zero-order valence-electron chi connectivity index (χ0n) is 17.3. The van der Waals surface area contributed by atoms with Crippen molar-refractivity contribution < 1.29 is 9.59 Å². The van der Waals surface area contributed by atoms with E-state index in [1.807, 2.05) is 30.3 Å². The van der Waals surface area contributed by atoms with Crippen molar-refractivity contribution in [1.29, 1.82) is 0 Å². The fourth-order valence-electron chi connectivity index (χ4n) is 2.82. The van der Waals surface area contributed by atoms with Crippen LogP contribution in [0.1, 0.15) is 29.4 Å². The van der Waals surface area contributed by atoms with Crippen LogP contribution in [0.5, 0.6) is 0 Å². The Labute approximate surface area is 204 Å². The zero-order valence-corrected chi connectivity index (χ0v) is 20.5. The van der Waals surface area contributed by atoms with Crippen LogP contribution in [0.3, 0.4) is 0 Å². The Morgan fingerprint density at radius 2 is 1.84 bits per heavy atom. The number of nitrogens with zero attached hydrogens (tertiary/aromatic N) is 2. The van der Waals surface area contributed by atoms with Crippen molar-refractivity contribution in [1.82, 2.24) is 15.3 Å². The SMILES string of the molecule is CCCSc1ncc(Br)c(C(=O)NC(Cc2ccccc2)C(=O)Nc2ccc(Cl)cc2)n1. The van der Waals surface area contributed by atoms with E-state index in [-0.39, 0.29) is 11.6 Å². The van der Waals surface area contributed by atoms with Gasteiger partial charge in [0.2, 0.25) is 5.91 Å². The van der Waals surface area contributed by atoms with Crippen molar-refractivity contribution in [3.8, 4) is 0 Å². The Hall–Kier alpha value is -2.42. The number of carbonyl (C=O) groups excluding carboxylic acids is 2. The molecule has 2 aromatic carbocycles. The lowest BCUT2D eigenvalue weighted by Gasteiger charge is -2.19. The van der Waals surface area contributed by atoms with E-state index in [9.17, 15) is 9.59 Å². The number of carbonyl (C=O) groups is 2. The second-order valence-corrected chi connectivity index (χ2v) is 9.26. The average Bonchev–Trinajstić information content (AvgIpc) is 2.80. The van der Waals surface area contributed by atoms with Gasteiger partial charge in [-0.05, 0) is 52.2 Å². The third kappa shape index (κ3) is 7.05. The summed E-state index contributed by atoms with van der Waals surface area (Å²) in [5.41, 5.74) is 1.70. The molecule has 2 amide bonds. The third-order valence-electron chi connectivity index (χ3n) is 4.39. The van der Waals surface area contributed by atoms with Gasteiger partial charge in [-0.1, -0.05) is 60.6 Å². The van der Waals surface area contributed by atoms with E-state index in [4.69, 9.17) is 11.6 Å². The maximum Gasteiger partial charge on any atom is 0.271 e. The van der Waals surface area contributed by atoms with Crippen molar-refractivity contribution in [2.45, 2.75) is 31.0 Å². The van der Waals surface area contributed by atoms with Crippen LogP contribution >= 0.6 is 39.3 Å². The van der Waals surface area contributed by atoms with Gasteiger partial charge in [0.1, 0.15) is 11.7 Å². The normalized spacial score (nSPS) is 11.6. The van der Waals surface area contributed by atoms with Crippen LogP contribution in [0, 0.1) is 0 Å². The third-order valence-corrected chi connectivity index (χ3v) is 6.29. The minimum atomic E-state index is -0.811. The first-order valence-corrected chi connectivity index (χ1v) is 12.2. The summed E-state index contributed by atoms with van der Waals surface area (Å²) in [5, 5.41) is 6.76. The summed E-state index contributed by atoms with van der Waals surface area (Å²) in [7, 11) is 0. The number of amides is 2. The first-order chi connectivity index (χ1) is 15.5. The van der Waals surface area contributed by atoms with E-state index in [2.05, 4.69) is 43.5 Å². The molecule has 0 saturated carbocycles. The molecule has 0 saturated heterocycles. The van der Waals surface area contributed by atoms with E-state index in [1.165, 1.54) is 11.8 Å². The van der Waals surface area contributed by atoms with Gasteiger partial charge < -0.3 is 10.6 Å². The van der Waals surface area contributed by atoms with Crippen molar-refractivity contribution in [2.75, 3.05) is 11.1 Å². The quantitative estimate of drug-likeness (QED) is 0.285. The van der Waals surface area contributed by atoms with E-state index in [1.54, 1.807) is 30.5 Å². The molecule has 0 bridgehead atoms. The smallest absolute Gasteiger partial charge is 0.271 e. The Morgan fingerprint density at radius 1 is 1.12 bits per heavy atom. The Kier molecular flexibility index (Phi) is 9.08. The number of halogens is 2. The van der Waals surface area contributed by atoms with Crippen LogP contribution in [0.25, 0.3) is 0 Å². The molecule has 3 rings (SSSR count). The van der Waals surface area contributed by atoms with Gasteiger partial charge in [0, 0.05) is 29.1 Å². The summed E-state index contributed by atoms with van der Waals surface area (Å²) >= 11 is 10.7. The predicted octanol–water partition coefficient (Wildman–Crippen LogP) is 5.37. The molecule has 0 radical (unpaired) electrons. The maximum absolute atomic E-state index is 13.1. The van der Waals surface area contributed by atoms with E-state index < -0.39 is 11.9 Å². The van der Waals surface area contributed by atoms with Crippen LogP contribution in [-0.2, 0) is 11.2 Å². The summed E-state index contributed by atoms with van der Waals surface area (Å²) < 4.78 is 0.465. The van der Waals surface area contributed by atoms with Crippen LogP contribution < -0.4 is 10.6 Å². The molecule has 0 spiro atoms. The number of anilines is 1. The minimum absolute atomic E-state index is 0.191. The van der Waals surface area contributed by atoms with Gasteiger partial charge in [-0.25, -0.2) is 9.97 Å². The van der Waals surface area contributed by atoms with Gasteiger partial charge in [-0.15, -0.1) is 0 Å². The van der Waals surface area contributed by atoms with Crippen molar-refractivity contribution >= 4 is 56.8 Å². The predicted molar refractivity (Wildman–Crippen MR) is 132 cm³/mol. The molecule has 1 heterocycles. The van der Waals surface area contributed by atoms with Crippen molar-refractivity contribution in [3.63, 3.8) is 0 Å². The minimum Gasteiger partial charge on any atom is -0.339 e. The Morgan fingerprint density at radius 3 is 2.53 bits per heavy atom. The van der Waals surface area contributed by atoms with E-state index in [0.717, 1.165) is 17.7 Å². The number of nitrogens with one attached hydrogen (secondary N) is 2. The fourth-order valence-corrected chi connectivity index (χ4v) is 3.99. The van der Waals surface area contributed by atoms with Crippen LogP contribution in [0.15, 0.2) is 70.4 Å². The molecule has 9 heteroatoms. The molecule has 0 aliphatic heterocycles. The fraction of sp³-hybridized carbons (Fsp3) is 0.217. The summed E-state index contributed by atoms with van der Waals surface area (Å²) in [6, 6.07) is 15.5. The van der Waals surface area contributed by atoms with E-state index >= 15 is 0 Å². The highest BCUT2D eigenvalue weighted by atomic mass is 79.9. The number of hydrogen-bond acceptors (Lipinski definition) is 5. The molecule has 6 nitrogen and oxygen atoms in total. The molecule has 32 heavy (non-hydrogen) atoms. The molecule has 0 fully saturated rings. The van der Waals surface area contributed by atoms with Crippen molar-refractivity contribution in [2.24, 2.45) is 0 Å². The maximum atomic E-state index is 13.1. The molecular weight excluding hydrogens is 512 g/mol. The van der Waals surface area contributed by atoms with E-state index in [0.29, 0.717) is 26.8 Å². The number of rotatable bonds is 9. The first kappa shape index (κ1) is 24.2. The van der Waals surface area contributed by atoms with Gasteiger partial charge in [0.15, 0.2) is 5.16 Å². The second-order valence-electron chi connectivity index (χ2n) is 6.91. The Balaban J connectivity index is 1.80. The summed E-state index contributed by atoms with van der Waals surface area (Å²) in [6.45, 7) is 2.06. The molecule has 0 aliphatic carbocycles. The number of aromatic nitrogens is 2. The highest BCUT2D eigenvalue weighted by molar-refractivity contribution is 9.10. The standard InChI is InChI=1S/C23H22BrClN4O2S/c1-2-12-32-23-26-14-18(24)20(29-23)22(31)28-19(13-15-6-4-3-5-7-15)21(30)27-17-10-8-16(25)9-11-17/h3-11,14,19H,2,12-13H2,1H3,(H,27,30)(H,28,31). The number of thioether (sulfide) groups is 1. The number of hydrogen-bond donors (Lipinski definition) is 2. The summed E-state index contributed by atoms with van der Waals surface area (Å²) in [4.78, 5) is 34.7. The molecule has 166 valence electrons. The van der Waals surface area contributed by atoms with Gasteiger partial charge in [0.25, 0.3) is 5.91 Å². The highest BCUT2D eigenvalue weighted by Gasteiger charge is 2.24. The second kappa shape index (κ2) is 12.0. The molecule has 3 aromatic rings. The van der Waals surface area contributed by atoms with Gasteiger partial charge >= 0.3 is 0 Å². The van der Waals surface area contributed by atoms with Crippen LogP contribution in [-0.4, -0.2) is 33.6 Å². The zero-order chi connectivity index (χ0) is 22.9. The lowest BCUT2D eigenvalue weighted by Crippen LogP contribution is -2.45. The highest BCUT2D eigenvalue weighted by Crippen LogP contribution is 2.20. The number of benzene rings is 2. The lowest BCUT2D eigenvalue weighted by molar-refractivity contribution is -0.118. The van der Waals surface area contributed by atoms with Gasteiger partial charge in [-0.3, -0.25) is 9.59 Å². The topological polar surface area (TPSA) is 84.0 Å². The van der Waals surface area contributed by atoms with Crippen LogP contribution in [0.4, 0.5) is 5.69 Å². The molecule has 1 unspecified atom stereocenters. The first-order valence-electron chi connectivity index (χ1n) is 10.0. The monoisotopic (exact) mass is 532 g/mol. The summed E-state index contributed by atoms with van der Waals surface area (Å²) in [5.74, 6) is 0.0584. The summed E-state index contributed by atoms with van der Waals surface area (Å²) in [6.07, 6.45) is 2.85. The molecule has 1 atom stereocenters. The largest absolute Gasteiger partial charge is 0.339 e. The lowest BCUT2D eigenvalue weighted by atomic mass is 10.0. The Bertz CT molecular complexity index is 1070. The molecular formula is C23H22BrClN4O2S. The van der Waals surface area contributed by atoms with Gasteiger partial charge in [0.05, 0.1) is 4.47 Å². The van der Waals surface area contributed by atoms with Gasteiger partial charge in [-0.2, -0.15) is 0 Å². The van der Waals surface area contributed by atoms with Crippen LogP contribution in [0.2, 0.25) is 5.02 Å². The molecule has 1 aromatic heterocycles.